The first-order valence-electron chi connectivity index (χ1n) is 2.09. The van der Waals surface area contributed by atoms with Crippen molar-refractivity contribution in [3.05, 3.63) is 10.1 Å². The summed E-state index contributed by atoms with van der Waals surface area (Å²) in [6, 6.07) is 0. The van der Waals surface area contributed by atoms with Crippen molar-refractivity contribution >= 4 is 27.5 Å². The highest BCUT2D eigenvalue weighted by Gasteiger charge is 2.42. The van der Waals surface area contributed by atoms with Gasteiger partial charge in [0.15, 0.2) is 0 Å². The molecule has 9 heavy (non-hydrogen) atoms. The normalized spacial score (nSPS) is 20.4. The van der Waals surface area contributed by atoms with Crippen LogP contribution in [0.1, 0.15) is 6.92 Å². The number of nitrogens with zero attached hydrogens (tertiary/aromatic N) is 1. The van der Waals surface area contributed by atoms with Gasteiger partial charge in [-0.05, 0) is 18.5 Å². The van der Waals surface area contributed by atoms with Crippen molar-refractivity contribution in [2.45, 2.75) is 16.9 Å². The zero-order chi connectivity index (χ0) is 7.65. The molecule has 0 saturated carbocycles. The zero-order valence-electron chi connectivity index (χ0n) is 4.54. The van der Waals surface area contributed by atoms with Crippen LogP contribution in [0.15, 0.2) is 0 Å². The fourth-order valence-electron chi connectivity index (χ4n) is 0.153. The summed E-state index contributed by atoms with van der Waals surface area (Å²) < 4.78 is -1.94. The highest BCUT2D eigenvalue weighted by molar-refractivity contribution is 9.10. The monoisotopic (exact) mass is 217 g/mol. The Hall–Kier alpha value is 0.130. The first-order valence-corrected chi connectivity index (χ1v) is 3.26. The molecule has 0 spiro atoms. The van der Waals surface area contributed by atoms with Crippen molar-refractivity contribution in [3.8, 4) is 0 Å². The summed E-state index contributed by atoms with van der Waals surface area (Å²) in [5.74, 6) is 0. The number of hydrogen-bond acceptors (Lipinski definition) is 3. The van der Waals surface area contributed by atoms with Crippen molar-refractivity contribution in [1.82, 2.24) is 0 Å². The standard InChI is InChI=1S/C3H5BrClNO3/c1-2(7)3(4,5)6(8)9/h2,7H,1H3. The van der Waals surface area contributed by atoms with Gasteiger partial charge in [-0.25, -0.2) is 0 Å². The Labute approximate surface area is 65.1 Å². The van der Waals surface area contributed by atoms with Gasteiger partial charge < -0.3 is 5.11 Å². The molecule has 0 heterocycles. The Kier molecular flexibility index (Phi) is 2.85. The summed E-state index contributed by atoms with van der Waals surface area (Å²) in [6.45, 7) is 1.23. The Bertz CT molecular complexity index is 126. The van der Waals surface area contributed by atoms with Crippen LogP contribution < -0.4 is 0 Å². The van der Waals surface area contributed by atoms with E-state index in [2.05, 4.69) is 15.9 Å². The van der Waals surface area contributed by atoms with Gasteiger partial charge >= 0.3 is 3.91 Å². The molecule has 0 aromatic heterocycles. The molecule has 0 rings (SSSR count). The van der Waals surface area contributed by atoms with Gasteiger partial charge in [-0.15, -0.1) is 0 Å². The first-order chi connectivity index (χ1) is 3.89. The van der Waals surface area contributed by atoms with Crippen LogP contribution in [0.2, 0.25) is 0 Å². The molecule has 0 radical (unpaired) electrons. The van der Waals surface area contributed by atoms with Gasteiger partial charge in [-0.1, -0.05) is 0 Å². The molecular formula is C3H5BrClNO3. The van der Waals surface area contributed by atoms with Crippen molar-refractivity contribution < 1.29 is 10.0 Å². The number of alkyl halides is 2. The lowest BCUT2D eigenvalue weighted by molar-refractivity contribution is -0.520. The van der Waals surface area contributed by atoms with Crippen LogP contribution in [0.4, 0.5) is 0 Å². The largest absolute Gasteiger partial charge is 0.383 e. The van der Waals surface area contributed by atoms with E-state index >= 15 is 0 Å². The maximum absolute atomic E-state index is 9.93. The van der Waals surface area contributed by atoms with Gasteiger partial charge in [0.2, 0.25) is 0 Å². The third kappa shape index (κ3) is 2.08. The van der Waals surface area contributed by atoms with Crippen LogP contribution >= 0.6 is 27.5 Å². The Morgan fingerprint density at radius 2 is 2.33 bits per heavy atom. The van der Waals surface area contributed by atoms with Gasteiger partial charge in [-0.2, -0.15) is 0 Å². The van der Waals surface area contributed by atoms with Crippen molar-refractivity contribution in [2.24, 2.45) is 0 Å². The molecule has 2 unspecified atom stereocenters. The average Bonchev–Trinajstić information content (AvgIpc) is 1.65. The van der Waals surface area contributed by atoms with Crippen LogP contribution in [-0.4, -0.2) is 20.0 Å². The zero-order valence-corrected chi connectivity index (χ0v) is 6.89. The quantitative estimate of drug-likeness (QED) is 0.325. The maximum atomic E-state index is 9.93. The van der Waals surface area contributed by atoms with Crippen LogP contribution in [0.25, 0.3) is 0 Å². The highest BCUT2D eigenvalue weighted by atomic mass is 79.9. The Morgan fingerprint density at radius 3 is 2.33 bits per heavy atom. The summed E-state index contributed by atoms with van der Waals surface area (Å²) in [4.78, 5) is 9.12. The molecule has 1 N–H and O–H groups in total. The predicted octanol–water partition coefficient (Wildman–Crippen LogP) is 0.931. The molecule has 0 aliphatic heterocycles. The molecule has 0 aliphatic rings. The van der Waals surface area contributed by atoms with Gasteiger partial charge in [0.1, 0.15) is 6.10 Å². The molecule has 0 bridgehead atoms. The van der Waals surface area contributed by atoms with E-state index in [1.165, 1.54) is 6.92 Å². The van der Waals surface area contributed by atoms with E-state index < -0.39 is 14.9 Å². The van der Waals surface area contributed by atoms with E-state index in [1.807, 2.05) is 0 Å². The minimum atomic E-state index is -1.94. The molecule has 4 nitrogen and oxygen atoms in total. The van der Waals surface area contributed by atoms with E-state index in [4.69, 9.17) is 16.7 Å². The third-order valence-corrected chi connectivity index (χ3v) is 2.15. The molecule has 0 amide bonds. The summed E-state index contributed by atoms with van der Waals surface area (Å²) in [6.07, 6.45) is -1.23. The SMILES string of the molecule is CC(O)C(Cl)(Br)[N+](=O)[O-]. The number of aliphatic hydroxyl groups is 1. The maximum Gasteiger partial charge on any atom is 0.373 e. The average molecular weight is 218 g/mol. The summed E-state index contributed by atoms with van der Waals surface area (Å²) >= 11 is 7.70. The van der Waals surface area contributed by atoms with E-state index in [1.54, 1.807) is 0 Å². The molecular weight excluding hydrogens is 213 g/mol. The smallest absolute Gasteiger partial charge is 0.373 e. The molecule has 0 aliphatic carbocycles. The second-order valence-electron chi connectivity index (χ2n) is 1.52. The van der Waals surface area contributed by atoms with Crippen LogP contribution in [-0.2, 0) is 0 Å². The third-order valence-electron chi connectivity index (χ3n) is 0.746. The van der Waals surface area contributed by atoms with Crippen LogP contribution in [0, 0.1) is 10.1 Å². The molecule has 0 aromatic carbocycles. The second-order valence-corrected chi connectivity index (χ2v) is 3.76. The van der Waals surface area contributed by atoms with E-state index in [0.29, 0.717) is 0 Å². The van der Waals surface area contributed by atoms with Gasteiger partial charge in [0, 0.05) is 15.9 Å². The lowest BCUT2D eigenvalue weighted by Crippen LogP contribution is -2.35. The number of hydrogen-bond donors (Lipinski definition) is 1. The van der Waals surface area contributed by atoms with E-state index in [-0.39, 0.29) is 0 Å². The van der Waals surface area contributed by atoms with E-state index in [0.717, 1.165) is 0 Å². The van der Waals surface area contributed by atoms with Gasteiger partial charge in [-0.3, -0.25) is 10.1 Å². The Balaban J connectivity index is 4.19. The van der Waals surface area contributed by atoms with Crippen molar-refractivity contribution in [1.29, 1.82) is 0 Å². The minimum Gasteiger partial charge on any atom is -0.383 e. The predicted molar refractivity (Wildman–Crippen MR) is 36.2 cm³/mol. The number of aliphatic hydroxyl groups excluding tert-OH is 1. The minimum absolute atomic E-state index is 0.806. The summed E-state index contributed by atoms with van der Waals surface area (Å²) in [5.41, 5.74) is 0. The molecule has 0 fully saturated rings. The van der Waals surface area contributed by atoms with Crippen molar-refractivity contribution in [3.63, 3.8) is 0 Å². The fraction of sp³-hybridized carbons (Fsp3) is 1.00. The molecule has 6 heteroatoms. The number of nitro groups is 1. The lowest BCUT2D eigenvalue weighted by atomic mass is 10.4. The fourth-order valence-corrected chi connectivity index (χ4v) is 0.153. The van der Waals surface area contributed by atoms with Gasteiger partial charge in [0.25, 0.3) is 0 Å². The van der Waals surface area contributed by atoms with Crippen molar-refractivity contribution in [2.75, 3.05) is 0 Å². The van der Waals surface area contributed by atoms with Crippen LogP contribution in [0.5, 0.6) is 0 Å². The van der Waals surface area contributed by atoms with E-state index in [9.17, 15) is 10.1 Å². The number of rotatable bonds is 2. The lowest BCUT2D eigenvalue weighted by Gasteiger charge is -2.12. The topological polar surface area (TPSA) is 63.4 Å². The van der Waals surface area contributed by atoms with Crippen LogP contribution in [0.3, 0.4) is 0 Å². The second kappa shape index (κ2) is 2.81. The first kappa shape index (κ1) is 9.13. The van der Waals surface area contributed by atoms with Gasteiger partial charge in [0.05, 0.1) is 4.92 Å². The molecule has 2 atom stereocenters. The summed E-state index contributed by atoms with van der Waals surface area (Å²) in [7, 11) is 0. The molecule has 54 valence electrons. The molecule has 0 aromatic rings. The molecule has 0 saturated heterocycles. The number of halogens is 2. The highest BCUT2D eigenvalue weighted by Crippen LogP contribution is 2.27. The summed E-state index contributed by atoms with van der Waals surface area (Å²) in [5, 5.41) is 18.6. The Morgan fingerprint density at radius 1 is 2.00 bits per heavy atom.